The fourth-order valence-corrected chi connectivity index (χ4v) is 3.06. The first-order valence-corrected chi connectivity index (χ1v) is 7.47. The van der Waals surface area contributed by atoms with Gasteiger partial charge >= 0.3 is 0 Å². The van der Waals surface area contributed by atoms with Crippen LogP contribution in [0.2, 0.25) is 0 Å². The average molecular weight is 333 g/mol. The third-order valence-corrected chi connectivity index (χ3v) is 4.08. The molecule has 0 amide bonds. The zero-order valence-corrected chi connectivity index (χ0v) is 13.0. The van der Waals surface area contributed by atoms with Crippen LogP contribution in [-0.2, 0) is 13.0 Å². The van der Waals surface area contributed by atoms with Crippen molar-refractivity contribution < 1.29 is 4.74 Å². The molecule has 3 nitrogen and oxygen atoms in total. The Morgan fingerprint density at radius 1 is 1.35 bits per heavy atom. The first kappa shape index (κ1) is 13.3. The van der Waals surface area contributed by atoms with E-state index in [0.717, 1.165) is 45.8 Å². The molecule has 2 aromatic rings. The molecule has 2 aromatic carbocycles. The van der Waals surface area contributed by atoms with Gasteiger partial charge in [0.1, 0.15) is 5.75 Å². The Bertz CT molecular complexity index is 655. The number of anilines is 2. The molecule has 4 heteroatoms. The molecule has 0 bridgehead atoms. The van der Waals surface area contributed by atoms with E-state index in [0.29, 0.717) is 6.54 Å². The molecule has 1 aliphatic heterocycles. The van der Waals surface area contributed by atoms with Crippen LogP contribution in [0.3, 0.4) is 0 Å². The maximum absolute atomic E-state index is 6.09. The van der Waals surface area contributed by atoms with Crippen molar-refractivity contribution in [2.75, 3.05) is 17.7 Å². The van der Waals surface area contributed by atoms with Crippen molar-refractivity contribution in [3.05, 3.63) is 51.5 Å². The molecule has 0 fully saturated rings. The van der Waals surface area contributed by atoms with Crippen LogP contribution in [0.15, 0.2) is 34.8 Å². The van der Waals surface area contributed by atoms with E-state index in [1.165, 1.54) is 5.56 Å². The lowest BCUT2D eigenvalue weighted by Gasteiger charge is -2.13. The molecule has 0 unspecified atom stereocenters. The highest BCUT2D eigenvalue weighted by Gasteiger charge is 2.17. The second-order valence-corrected chi connectivity index (χ2v) is 5.96. The second kappa shape index (κ2) is 5.37. The van der Waals surface area contributed by atoms with Crippen molar-refractivity contribution in [1.29, 1.82) is 0 Å². The maximum atomic E-state index is 6.09. The predicted molar refractivity (Wildman–Crippen MR) is 86.3 cm³/mol. The topological polar surface area (TPSA) is 47.3 Å². The lowest BCUT2D eigenvalue weighted by Crippen LogP contribution is -2.05. The number of nitrogen functional groups attached to an aromatic ring is 1. The van der Waals surface area contributed by atoms with Crippen molar-refractivity contribution >= 4 is 27.3 Å². The molecule has 0 aromatic heterocycles. The molecular formula is C16H17BrN2O. The number of nitrogens with two attached hydrogens (primary N) is 1. The van der Waals surface area contributed by atoms with Gasteiger partial charge < -0.3 is 15.8 Å². The molecule has 20 heavy (non-hydrogen) atoms. The van der Waals surface area contributed by atoms with Gasteiger partial charge in [0.2, 0.25) is 0 Å². The molecule has 0 spiro atoms. The molecule has 1 heterocycles. The summed E-state index contributed by atoms with van der Waals surface area (Å²) in [5.41, 5.74) is 11.4. The highest BCUT2D eigenvalue weighted by Crippen LogP contribution is 2.34. The van der Waals surface area contributed by atoms with Crippen molar-refractivity contribution in [2.24, 2.45) is 0 Å². The molecule has 0 saturated heterocycles. The molecular weight excluding hydrogens is 316 g/mol. The van der Waals surface area contributed by atoms with E-state index in [1.54, 1.807) is 0 Å². The molecule has 104 valence electrons. The highest BCUT2D eigenvalue weighted by atomic mass is 79.9. The minimum Gasteiger partial charge on any atom is -0.493 e. The van der Waals surface area contributed by atoms with Gasteiger partial charge in [0.25, 0.3) is 0 Å². The van der Waals surface area contributed by atoms with Crippen LogP contribution in [-0.4, -0.2) is 6.61 Å². The van der Waals surface area contributed by atoms with Gasteiger partial charge in [-0.1, -0.05) is 28.1 Å². The molecule has 0 aliphatic carbocycles. The average Bonchev–Trinajstić information content (AvgIpc) is 2.88. The number of hydrogen-bond donors (Lipinski definition) is 2. The summed E-state index contributed by atoms with van der Waals surface area (Å²) in [7, 11) is 0. The van der Waals surface area contributed by atoms with Crippen LogP contribution in [0.1, 0.15) is 16.7 Å². The lowest BCUT2D eigenvalue weighted by molar-refractivity contribution is 0.354. The van der Waals surface area contributed by atoms with Gasteiger partial charge in [-0.05, 0) is 36.2 Å². The largest absolute Gasteiger partial charge is 0.493 e. The Morgan fingerprint density at radius 3 is 3.05 bits per heavy atom. The van der Waals surface area contributed by atoms with Gasteiger partial charge in [-0.15, -0.1) is 0 Å². The quantitative estimate of drug-likeness (QED) is 0.838. The maximum Gasteiger partial charge on any atom is 0.127 e. The molecule has 0 radical (unpaired) electrons. The monoisotopic (exact) mass is 332 g/mol. The van der Waals surface area contributed by atoms with Gasteiger partial charge in [-0.3, -0.25) is 0 Å². The Morgan fingerprint density at radius 2 is 2.20 bits per heavy atom. The summed E-state index contributed by atoms with van der Waals surface area (Å²) in [5, 5.41) is 3.40. The smallest absolute Gasteiger partial charge is 0.127 e. The number of rotatable bonds is 3. The Kier molecular flexibility index (Phi) is 3.57. The number of nitrogens with one attached hydrogen (secondary N) is 1. The number of fused-ring (bicyclic) bond motifs is 1. The first-order chi connectivity index (χ1) is 9.65. The summed E-state index contributed by atoms with van der Waals surface area (Å²) in [6.45, 7) is 3.49. The third kappa shape index (κ3) is 2.48. The van der Waals surface area contributed by atoms with Gasteiger partial charge in [-0.2, -0.15) is 0 Å². The van der Waals surface area contributed by atoms with Crippen molar-refractivity contribution in [3.8, 4) is 5.75 Å². The van der Waals surface area contributed by atoms with Crippen LogP contribution < -0.4 is 15.8 Å². The van der Waals surface area contributed by atoms with Crippen molar-refractivity contribution in [3.63, 3.8) is 0 Å². The minimum absolute atomic E-state index is 0.704. The van der Waals surface area contributed by atoms with Crippen molar-refractivity contribution in [2.45, 2.75) is 19.9 Å². The molecule has 0 atom stereocenters. The van der Waals surface area contributed by atoms with E-state index in [1.807, 2.05) is 25.1 Å². The summed E-state index contributed by atoms with van der Waals surface area (Å²) >= 11 is 3.56. The van der Waals surface area contributed by atoms with E-state index in [9.17, 15) is 0 Å². The van der Waals surface area contributed by atoms with E-state index in [2.05, 4.69) is 33.4 Å². The summed E-state index contributed by atoms with van der Waals surface area (Å²) in [4.78, 5) is 0. The highest BCUT2D eigenvalue weighted by molar-refractivity contribution is 9.10. The SMILES string of the molecule is Cc1cccc(NCc2cc(Br)cc3c2OCC3)c1N. The fraction of sp³-hybridized carbons (Fsp3) is 0.250. The zero-order chi connectivity index (χ0) is 14.1. The number of halogens is 1. The summed E-state index contributed by atoms with van der Waals surface area (Å²) in [6, 6.07) is 10.3. The molecule has 1 aliphatic rings. The predicted octanol–water partition coefficient (Wildman–Crippen LogP) is 3.89. The molecule has 3 rings (SSSR count). The van der Waals surface area contributed by atoms with E-state index < -0.39 is 0 Å². The minimum atomic E-state index is 0.704. The summed E-state index contributed by atoms with van der Waals surface area (Å²) < 4.78 is 6.83. The number of hydrogen-bond acceptors (Lipinski definition) is 3. The Labute approximate surface area is 127 Å². The normalized spacial score (nSPS) is 12.9. The number of para-hydroxylation sites is 1. The first-order valence-electron chi connectivity index (χ1n) is 6.68. The van der Waals surface area contributed by atoms with Crippen LogP contribution >= 0.6 is 15.9 Å². The van der Waals surface area contributed by atoms with Gasteiger partial charge in [0, 0.05) is 23.0 Å². The molecule has 0 saturated carbocycles. The van der Waals surface area contributed by atoms with E-state index in [4.69, 9.17) is 10.5 Å². The summed E-state index contributed by atoms with van der Waals surface area (Å²) in [5.74, 6) is 1.02. The van der Waals surface area contributed by atoms with Crippen LogP contribution in [0, 0.1) is 6.92 Å². The van der Waals surface area contributed by atoms with Crippen LogP contribution in [0.4, 0.5) is 11.4 Å². The van der Waals surface area contributed by atoms with Crippen molar-refractivity contribution in [1.82, 2.24) is 0 Å². The third-order valence-electron chi connectivity index (χ3n) is 3.62. The summed E-state index contributed by atoms with van der Waals surface area (Å²) in [6.07, 6.45) is 0.981. The van der Waals surface area contributed by atoms with E-state index in [-0.39, 0.29) is 0 Å². The van der Waals surface area contributed by atoms with Crippen LogP contribution in [0.25, 0.3) is 0 Å². The van der Waals surface area contributed by atoms with Crippen LogP contribution in [0.5, 0.6) is 5.75 Å². The van der Waals surface area contributed by atoms with Gasteiger partial charge in [0.05, 0.1) is 18.0 Å². The van der Waals surface area contributed by atoms with E-state index >= 15 is 0 Å². The Hall–Kier alpha value is -1.68. The zero-order valence-electron chi connectivity index (χ0n) is 11.4. The molecule has 3 N–H and O–H groups in total. The fourth-order valence-electron chi connectivity index (χ4n) is 2.50. The number of aryl methyl sites for hydroxylation is 1. The second-order valence-electron chi connectivity index (χ2n) is 5.04. The van der Waals surface area contributed by atoms with Gasteiger partial charge in [0.15, 0.2) is 0 Å². The number of ether oxygens (including phenoxy) is 1. The Balaban J connectivity index is 1.84. The van der Waals surface area contributed by atoms with Gasteiger partial charge in [-0.25, -0.2) is 0 Å². The number of benzene rings is 2. The lowest BCUT2D eigenvalue weighted by atomic mass is 10.1. The standard InChI is InChI=1S/C16H17BrN2O/c1-10-3-2-4-14(15(10)18)19-9-12-8-13(17)7-11-5-6-20-16(11)12/h2-4,7-8,19H,5-6,9,18H2,1H3.